The second-order valence-corrected chi connectivity index (χ2v) is 4.39. The number of aryl methyl sites for hydroxylation is 1. The van der Waals surface area contributed by atoms with E-state index in [1.54, 1.807) is 24.3 Å². The van der Waals surface area contributed by atoms with Crippen LogP contribution in [-0.4, -0.2) is 9.97 Å². The van der Waals surface area contributed by atoms with E-state index in [1.165, 1.54) is 0 Å². The molecule has 7 heteroatoms. The van der Waals surface area contributed by atoms with Crippen LogP contribution < -0.4 is 16.6 Å². The molecule has 2 aromatic rings. The van der Waals surface area contributed by atoms with Crippen molar-refractivity contribution in [3.8, 4) is 6.07 Å². The summed E-state index contributed by atoms with van der Waals surface area (Å²) in [6.45, 7) is 1.95. The highest BCUT2D eigenvalue weighted by atomic mass is 35.5. The molecule has 102 valence electrons. The van der Waals surface area contributed by atoms with Crippen molar-refractivity contribution in [3.05, 3.63) is 40.7 Å². The summed E-state index contributed by atoms with van der Waals surface area (Å²) in [5, 5.41) is 12.5. The minimum Gasteiger partial charge on any atom is -0.339 e. The summed E-state index contributed by atoms with van der Waals surface area (Å²) < 4.78 is 0. The first kappa shape index (κ1) is 14.1. The molecule has 0 amide bonds. The monoisotopic (exact) mass is 288 g/mol. The molecule has 0 spiro atoms. The molecule has 6 nitrogen and oxygen atoms in total. The first-order valence-electron chi connectivity index (χ1n) is 5.97. The van der Waals surface area contributed by atoms with Crippen molar-refractivity contribution >= 4 is 28.9 Å². The number of rotatable bonds is 4. The van der Waals surface area contributed by atoms with Crippen LogP contribution in [0, 0.1) is 11.3 Å². The van der Waals surface area contributed by atoms with Crippen LogP contribution in [0.5, 0.6) is 0 Å². The lowest BCUT2D eigenvalue weighted by Gasteiger charge is -2.10. The largest absolute Gasteiger partial charge is 0.339 e. The fourth-order valence-corrected chi connectivity index (χ4v) is 1.79. The lowest BCUT2D eigenvalue weighted by Crippen LogP contribution is -2.11. The molecule has 0 fully saturated rings. The van der Waals surface area contributed by atoms with Gasteiger partial charge in [-0.05, 0) is 18.2 Å². The quantitative estimate of drug-likeness (QED) is 0.591. The van der Waals surface area contributed by atoms with Crippen molar-refractivity contribution in [2.75, 3.05) is 10.7 Å². The van der Waals surface area contributed by atoms with E-state index in [-0.39, 0.29) is 0 Å². The molecule has 1 aromatic carbocycles. The molecule has 0 aliphatic carbocycles. The zero-order valence-electron chi connectivity index (χ0n) is 10.8. The van der Waals surface area contributed by atoms with E-state index >= 15 is 0 Å². The van der Waals surface area contributed by atoms with Crippen LogP contribution in [0.15, 0.2) is 24.3 Å². The lowest BCUT2D eigenvalue weighted by molar-refractivity contribution is 0.941. The molecule has 0 bridgehead atoms. The Balaban J connectivity index is 2.36. The number of hydrogen-bond donors (Lipinski definition) is 3. The first-order chi connectivity index (χ1) is 9.66. The van der Waals surface area contributed by atoms with Gasteiger partial charge < -0.3 is 10.7 Å². The zero-order chi connectivity index (χ0) is 14.5. The molecular weight excluding hydrogens is 276 g/mol. The summed E-state index contributed by atoms with van der Waals surface area (Å²) >= 11 is 6.09. The van der Waals surface area contributed by atoms with Gasteiger partial charge in [-0.15, -0.1) is 0 Å². The molecule has 2 rings (SSSR count). The molecule has 4 N–H and O–H groups in total. The van der Waals surface area contributed by atoms with E-state index in [9.17, 15) is 0 Å². The molecule has 0 aliphatic rings. The van der Waals surface area contributed by atoms with Crippen molar-refractivity contribution in [3.63, 3.8) is 0 Å². The number of nitrogens with one attached hydrogen (secondary N) is 2. The number of halogens is 1. The van der Waals surface area contributed by atoms with Gasteiger partial charge in [0.25, 0.3) is 0 Å². The third-order valence-corrected chi connectivity index (χ3v) is 2.92. The molecule has 0 aliphatic heterocycles. The van der Waals surface area contributed by atoms with Crippen molar-refractivity contribution in [2.45, 2.75) is 13.3 Å². The van der Waals surface area contributed by atoms with Crippen molar-refractivity contribution in [2.24, 2.45) is 5.84 Å². The van der Waals surface area contributed by atoms with Gasteiger partial charge in [-0.1, -0.05) is 18.5 Å². The van der Waals surface area contributed by atoms with E-state index in [4.69, 9.17) is 22.7 Å². The number of anilines is 3. The Morgan fingerprint density at radius 2 is 2.05 bits per heavy atom. The Morgan fingerprint density at radius 1 is 1.30 bits per heavy atom. The number of aromatic nitrogens is 2. The molecule has 1 aromatic heterocycles. The second kappa shape index (κ2) is 6.19. The third-order valence-electron chi connectivity index (χ3n) is 2.59. The zero-order valence-corrected chi connectivity index (χ0v) is 11.6. The van der Waals surface area contributed by atoms with Gasteiger partial charge >= 0.3 is 0 Å². The number of hydrogen-bond acceptors (Lipinski definition) is 6. The molecule has 0 radical (unpaired) electrons. The number of nitrogen functional groups attached to an aromatic ring is 1. The highest BCUT2D eigenvalue weighted by molar-refractivity contribution is 6.33. The molecule has 0 atom stereocenters. The van der Waals surface area contributed by atoms with Crippen LogP contribution in [0.2, 0.25) is 5.02 Å². The van der Waals surface area contributed by atoms with Crippen molar-refractivity contribution in [1.82, 2.24) is 9.97 Å². The lowest BCUT2D eigenvalue weighted by atomic mass is 10.2. The first-order valence-corrected chi connectivity index (χ1v) is 6.35. The smallest absolute Gasteiger partial charge is 0.145 e. The van der Waals surface area contributed by atoms with Gasteiger partial charge in [0.1, 0.15) is 17.5 Å². The van der Waals surface area contributed by atoms with Gasteiger partial charge in [0.15, 0.2) is 0 Å². The summed E-state index contributed by atoms with van der Waals surface area (Å²) in [5.41, 5.74) is 3.61. The molecule has 0 saturated carbocycles. The molecule has 0 saturated heterocycles. The minimum absolute atomic E-state index is 0.503. The number of benzene rings is 1. The van der Waals surface area contributed by atoms with E-state index in [2.05, 4.69) is 26.8 Å². The second-order valence-electron chi connectivity index (χ2n) is 3.98. The summed E-state index contributed by atoms with van der Waals surface area (Å²) in [7, 11) is 0. The minimum atomic E-state index is 0.503. The fraction of sp³-hybridized carbons (Fsp3) is 0.154. The average Bonchev–Trinajstić information content (AvgIpc) is 2.49. The predicted octanol–water partition coefficient (Wildman–Crippen LogP) is 2.59. The van der Waals surface area contributed by atoms with Gasteiger partial charge in [0.2, 0.25) is 0 Å². The molecule has 20 heavy (non-hydrogen) atoms. The molecule has 0 unspecified atom stereocenters. The van der Waals surface area contributed by atoms with Gasteiger partial charge in [0, 0.05) is 12.5 Å². The van der Waals surface area contributed by atoms with Gasteiger partial charge in [-0.3, -0.25) is 0 Å². The van der Waals surface area contributed by atoms with Gasteiger partial charge in [-0.25, -0.2) is 15.8 Å². The average molecular weight is 289 g/mol. The van der Waals surface area contributed by atoms with Crippen LogP contribution in [0.1, 0.15) is 18.3 Å². The molecular formula is C13H13ClN6. The van der Waals surface area contributed by atoms with Gasteiger partial charge in [0.05, 0.1) is 22.3 Å². The van der Waals surface area contributed by atoms with Crippen LogP contribution in [-0.2, 0) is 6.42 Å². The van der Waals surface area contributed by atoms with E-state index in [0.29, 0.717) is 40.2 Å². The van der Waals surface area contributed by atoms with E-state index < -0.39 is 0 Å². The summed E-state index contributed by atoms with van der Waals surface area (Å²) in [5.74, 6) is 7.09. The van der Waals surface area contributed by atoms with Gasteiger partial charge in [-0.2, -0.15) is 5.26 Å². The van der Waals surface area contributed by atoms with Crippen LogP contribution in [0.25, 0.3) is 0 Å². The number of hydrazine groups is 1. The van der Waals surface area contributed by atoms with Crippen LogP contribution in [0.3, 0.4) is 0 Å². The highest BCUT2D eigenvalue weighted by Gasteiger charge is 2.06. The SMILES string of the molecule is CCc1nc(NN)cc(Nc2cc(C#N)ccc2Cl)n1. The topological polar surface area (TPSA) is 99.6 Å². The Kier molecular flexibility index (Phi) is 4.35. The number of nitriles is 1. The third kappa shape index (κ3) is 3.15. The normalized spacial score (nSPS) is 9.90. The molecule has 1 heterocycles. The van der Waals surface area contributed by atoms with E-state index in [0.717, 1.165) is 0 Å². The maximum atomic E-state index is 8.91. The maximum absolute atomic E-state index is 8.91. The summed E-state index contributed by atoms with van der Waals surface area (Å²) in [4.78, 5) is 8.53. The standard InChI is InChI=1S/C13H13ClN6/c1-2-11-18-12(6-13(19-11)20-16)17-10-5-8(7-15)3-4-9(10)14/h3-6H,2,16H2,1H3,(H2,17,18,19,20). The fourth-order valence-electron chi connectivity index (χ4n) is 1.62. The highest BCUT2D eigenvalue weighted by Crippen LogP contribution is 2.26. The summed E-state index contributed by atoms with van der Waals surface area (Å²) in [6, 6.07) is 8.69. The maximum Gasteiger partial charge on any atom is 0.145 e. The van der Waals surface area contributed by atoms with Crippen LogP contribution in [0.4, 0.5) is 17.3 Å². The summed E-state index contributed by atoms with van der Waals surface area (Å²) in [6.07, 6.45) is 0.677. The van der Waals surface area contributed by atoms with Crippen molar-refractivity contribution < 1.29 is 0 Å². The van der Waals surface area contributed by atoms with E-state index in [1.807, 2.05) is 6.92 Å². The Morgan fingerprint density at radius 3 is 2.70 bits per heavy atom. The number of nitrogens with zero attached hydrogens (tertiary/aromatic N) is 3. The number of nitrogens with two attached hydrogens (primary N) is 1. The van der Waals surface area contributed by atoms with Crippen LogP contribution >= 0.6 is 11.6 Å². The Bertz CT molecular complexity index is 642. The Hall–Kier alpha value is -2.36. The Labute approximate surface area is 121 Å². The van der Waals surface area contributed by atoms with Crippen molar-refractivity contribution in [1.29, 1.82) is 5.26 Å². The predicted molar refractivity (Wildman–Crippen MR) is 78.7 cm³/mol.